The van der Waals surface area contributed by atoms with Crippen LogP contribution in [0.5, 0.6) is 0 Å². The van der Waals surface area contributed by atoms with Gasteiger partial charge in [-0.1, -0.05) is 12.1 Å². The molecule has 2 aromatic heterocycles. The zero-order chi connectivity index (χ0) is 20.4. The van der Waals surface area contributed by atoms with Crippen LogP contribution >= 0.6 is 0 Å². The number of anilines is 1. The number of benzene rings is 1. The Morgan fingerprint density at radius 2 is 1.79 bits per heavy atom. The highest BCUT2D eigenvalue weighted by Crippen LogP contribution is 2.27. The summed E-state index contributed by atoms with van der Waals surface area (Å²) in [6.07, 6.45) is 1.49. The lowest BCUT2D eigenvalue weighted by Crippen LogP contribution is -2.21. The Balaban J connectivity index is 1.79. The van der Waals surface area contributed by atoms with Crippen molar-refractivity contribution in [2.75, 3.05) is 19.4 Å². The molecule has 28 heavy (non-hydrogen) atoms. The van der Waals surface area contributed by atoms with Crippen molar-refractivity contribution in [3.63, 3.8) is 0 Å². The minimum Gasteiger partial charge on any atom is -0.345 e. The summed E-state index contributed by atoms with van der Waals surface area (Å²) in [5.74, 6) is 0.122. The van der Waals surface area contributed by atoms with Gasteiger partial charge >= 0.3 is 0 Å². The fraction of sp³-hybridized carbons (Fsp3) is 0.316. The van der Waals surface area contributed by atoms with E-state index in [0.29, 0.717) is 11.4 Å². The Morgan fingerprint density at radius 1 is 1.11 bits per heavy atom. The first-order valence-corrected chi connectivity index (χ1v) is 8.78. The first-order chi connectivity index (χ1) is 13.3. The van der Waals surface area contributed by atoms with Gasteiger partial charge in [-0.25, -0.2) is 0 Å². The monoisotopic (exact) mass is 381 g/mol. The maximum Gasteiger partial charge on any atom is 0.253 e. The summed E-state index contributed by atoms with van der Waals surface area (Å²) in [5, 5.41) is 15.2. The Hall–Kier alpha value is -3.49. The normalized spacial score (nSPS) is 10.8. The summed E-state index contributed by atoms with van der Waals surface area (Å²) >= 11 is 0. The highest BCUT2D eigenvalue weighted by molar-refractivity contribution is 5.94. The number of aryl methyl sites for hydroxylation is 2. The van der Waals surface area contributed by atoms with Crippen LogP contribution in [0.2, 0.25) is 0 Å². The number of aromatic nitrogens is 5. The molecule has 1 aromatic carbocycles. The van der Waals surface area contributed by atoms with Gasteiger partial charge in [0.2, 0.25) is 5.91 Å². The third-order valence-corrected chi connectivity index (χ3v) is 4.37. The van der Waals surface area contributed by atoms with E-state index in [1.165, 1.54) is 11.0 Å². The highest BCUT2D eigenvalue weighted by atomic mass is 16.2. The van der Waals surface area contributed by atoms with Crippen LogP contribution in [0.3, 0.4) is 0 Å². The molecule has 0 radical (unpaired) electrons. The van der Waals surface area contributed by atoms with E-state index in [4.69, 9.17) is 0 Å². The van der Waals surface area contributed by atoms with Crippen molar-refractivity contribution in [2.45, 2.75) is 20.4 Å². The van der Waals surface area contributed by atoms with Gasteiger partial charge in [-0.15, -0.1) is 5.10 Å². The molecule has 0 fully saturated rings. The summed E-state index contributed by atoms with van der Waals surface area (Å²) in [7, 11) is 5.13. The number of nitrogens with one attached hydrogen (secondary N) is 1. The zero-order valence-electron chi connectivity index (χ0n) is 16.6. The van der Waals surface area contributed by atoms with Crippen molar-refractivity contribution in [1.82, 2.24) is 29.7 Å². The van der Waals surface area contributed by atoms with Crippen molar-refractivity contribution in [3.8, 4) is 11.1 Å². The summed E-state index contributed by atoms with van der Waals surface area (Å²) in [4.78, 5) is 27.3. The molecule has 0 atom stereocenters. The second-order valence-electron chi connectivity index (χ2n) is 6.75. The molecule has 1 N–H and O–H groups in total. The molecule has 3 rings (SSSR count). The standard InChI is InChI=1S/C19H23N7O2/c1-12-18(14-6-8-15(9-7-14)19(28)24(3)4)13(2)26(22-12)11-17(27)21-16-10-20-25(5)23-16/h6-10H,11H2,1-5H3,(H,21,23,27). The molecule has 0 aliphatic carbocycles. The molecule has 9 nitrogen and oxygen atoms in total. The maximum atomic E-state index is 12.3. The van der Waals surface area contributed by atoms with Gasteiger partial charge in [-0.05, 0) is 31.5 Å². The number of carbonyl (C=O) groups is 2. The Labute approximate surface area is 163 Å². The minimum atomic E-state index is -0.232. The Morgan fingerprint density at radius 3 is 2.36 bits per heavy atom. The average molecular weight is 381 g/mol. The molecule has 3 aromatic rings. The molecule has 0 saturated carbocycles. The number of hydrogen-bond acceptors (Lipinski definition) is 5. The van der Waals surface area contributed by atoms with Gasteiger partial charge in [-0.2, -0.15) is 15.0 Å². The quantitative estimate of drug-likeness (QED) is 0.724. The van der Waals surface area contributed by atoms with Gasteiger partial charge in [0.05, 0.1) is 11.9 Å². The molecular weight excluding hydrogens is 358 g/mol. The summed E-state index contributed by atoms with van der Waals surface area (Å²) in [6.45, 7) is 3.89. The van der Waals surface area contributed by atoms with Crippen LogP contribution in [0.4, 0.5) is 5.82 Å². The van der Waals surface area contributed by atoms with Crippen molar-refractivity contribution in [1.29, 1.82) is 0 Å². The van der Waals surface area contributed by atoms with Crippen LogP contribution in [0.25, 0.3) is 11.1 Å². The molecule has 2 heterocycles. The highest BCUT2D eigenvalue weighted by Gasteiger charge is 2.17. The molecule has 9 heteroatoms. The smallest absolute Gasteiger partial charge is 0.253 e. The lowest BCUT2D eigenvalue weighted by atomic mass is 10.0. The number of rotatable bonds is 5. The molecule has 0 aliphatic heterocycles. The van der Waals surface area contributed by atoms with Gasteiger partial charge in [0, 0.05) is 38.0 Å². The van der Waals surface area contributed by atoms with E-state index in [0.717, 1.165) is 22.5 Å². The topological polar surface area (TPSA) is 97.9 Å². The Kier molecular flexibility index (Phi) is 5.25. The fourth-order valence-electron chi connectivity index (χ4n) is 3.03. The summed E-state index contributed by atoms with van der Waals surface area (Å²) in [6, 6.07) is 7.40. The fourth-order valence-corrected chi connectivity index (χ4v) is 3.03. The lowest BCUT2D eigenvalue weighted by Gasteiger charge is -2.11. The number of nitrogens with zero attached hydrogens (tertiary/aromatic N) is 6. The first kappa shape index (κ1) is 19.3. The van der Waals surface area contributed by atoms with Gasteiger partial charge < -0.3 is 10.2 Å². The lowest BCUT2D eigenvalue weighted by molar-refractivity contribution is -0.117. The molecule has 0 spiro atoms. The van der Waals surface area contributed by atoms with E-state index in [-0.39, 0.29) is 18.4 Å². The van der Waals surface area contributed by atoms with Crippen molar-refractivity contribution >= 4 is 17.6 Å². The van der Waals surface area contributed by atoms with Gasteiger partial charge in [0.25, 0.3) is 5.91 Å². The summed E-state index contributed by atoms with van der Waals surface area (Å²) in [5.41, 5.74) is 4.22. The van der Waals surface area contributed by atoms with Crippen LogP contribution in [0.15, 0.2) is 30.5 Å². The predicted molar refractivity (Wildman–Crippen MR) is 105 cm³/mol. The molecule has 0 aliphatic rings. The largest absolute Gasteiger partial charge is 0.345 e. The number of carbonyl (C=O) groups excluding carboxylic acids is 2. The van der Waals surface area contributed by atoms with E-state index >= 15 is 0 Å². The second kappa shape index (κ2) is 7.63. The third kappa shape index (κ3) is 3.93. The van der Waals surface area contributed by atoms with Gasteiger partial charge in [0.1, 0.15) is 6.54 Å². The third-order valence-electron chi connectivity index (χ3n) is 4.37. The van der Waals surface area contributed by atoms with Crippen LogP contribution < -0.4 is 5.32 Å². The van der Waals surface area contributed by atoms with Crippen LogP contribution in [0.1, 0.15) is 21.7 Å². The first-order valence-electron chi connectivity index (χ1n) is 8.78. The van der Waals surface area contributed by atoms with E-state index in [1.54, 1.807) is 42.9 Å². The number of hydrogen-bond donors (Lipinski definition) is 1. The maximum absolute atomic E-state index is 12.3. The summed E-state index contributed by atoms with van der Waals surface area (Å²) < 4.78 is 1.66. The van der Waals surface area contributed by atoms with E-state index in [9.17, 15) is 9.59 Å². The molecule has 0 unspecified atom stereocenters. The molecule has 2 amide bonds. The molecule has 146 valence electrons. The predicted octanol–water partition coefficient (Wildman–Crippen LogP) is 1.64. The molecule has 0 saturated heterocycles. The SMILES string of the molecule is Cc1nn(CC(=O)Nc2cnn(C)n2)c(C)c1-c1ccc(C(=O)N(C)C)cc1. The average Bonchev–Trinajstić information content (AvgIpc) is 3.17. The van der Waals surface area contributed by atoms with Crippen LogP contribution in [-0.4, -0.2) is 55.6 Å². The van der Waals surface area contributed by atoms with Gasteiger partial charge in [-0.3, -0.25) is 14.3 Å². The van der Waals surface area contributed by atoms with E-state index in [2.05, 4.69) is 20.6 Å². The van der Waals surface area contributed by atoms with Crippen molar-refractivity contribution in [2.24, 2.45) is 7.05 Å². The van der Waals surface area contributed by atoms with Crippen LogP contribution in [0, 0.1) is 13.8 Å². The van der Waals surface area contributed by atoms with E-state index < -0.39 is 0 Å². The Bertz CT molecular complexity index is 1020. The number of amides is 2. The second-order valence-corrected chi connectivity index (χ2v) is 6.75. The van der Waals surface area contributed by atoms with Crippen molar-refractivity contribution < 1.29 is 9.59 Å². The van der Waals surface area contributed by atoms with Gasteiger partial charge in [0.15, 0.2) is 5.82 Å². The van der Waals surface area contributed by atoms with Crippen LogP contribution in [-0.2, 0) is 18.4 Å². The molecule has 0 bridgehead atoms. The van der Waals surface area contributed by atoms with E-state index in [1.807, 2.05) is 26.0 Å². The molecular formula is C19H23N7O2. The zero-order valence-corrected chi connectivity index (χ0v) is 16.6. The minimum absolute atomic E-state index is 0.0450. The van der Waals surface area contributed by atoms with Crippen molar-refractivity contribution in [3.05, 3.63) is 47.4 Å².